The van der Waals surface area contributed by atoms with E-state index < -0.39 is 6.03 Å². The van der Waals surface area contributed by atoms with Crippen LogP contribution in [0, 0.1) is 0 Å². The molecule has 0 radical (unpaired) electrons. The molecule has 0 aliphatic rings. The first-order valence-electron chi connectivity index (χ1n) is 7.32. The molecule has 24 heavy (non-hydrogen) atoms. The Balaban J connectivity index is 2.11. The fourth-order valence-corrected chi connectivity index (χ4v) is 3.68. The number of benzene rings is 2. The molecule has 0 unspecified atom stereocenters. The SMILES string of the molecule is NNC(=O)/N=c1/cc(-c2ccccc2)oc2c1sc1ccccc12. The fraction of sp³-hybridized carbons (Fsp3) is 0. The Hall–Kier alpha value is -2.96. The third kappa shape index (κ3) is 2.47. The molecular formula is C18H13N3O2S. The van der Waals surface area contributed by atoms with Crippen molar-refractivity contribution in [3.63, 3.8) is 0 Å². The third-order valence-corrected chi connectivity index (χ3v) is 4.84. The van der Waals surface area contributed by atoms with Crippen molar-refractivity contribution in [3.05, 3.63) is 66.0 Å². The quantitative estimate of drug-likeness (QED) is 0.315. The van der Waals surface area contributed by atoms with Gasteiger partial charge in [-0.3, -0.25) is 5.43 Å². The van der Waals surface area contributed by atoms with Crippen LogP contribution in [-0.2, 0) is 0 Å². The van der Waals surface area contributed by atoms with Crippen molar-refractivity contribution in [1.82, 2.24) is 5.43 Å². The number of thiophene rings is 1. The van der Waals surface area contributed by atoms with Gasteiger partial charge in [0.05, 0.1) is 10.1 Å². The van der Waals surface area contributed by atoms with Gasteiger partial charge >= 0.3 is 6.03 Å². The molecule has 4 aromatic rings. The van der Waals surface area contributed by atoms with Crippen molar-refractivity contribution in [3.8, 4) is 11.3 Å². The fourth-order valence-electron chi connectivity index (χ4n) is 2.59. The minimum Gasteiger partial charge on any atom is -0.454 e. The Labute approximate surface area is 141 Å². The van der Waals surface area contributed by atoms with Crippen LogP contribution in [0.1, 0.15) is 0 Å². The Kier molecular flexibility index (Phi) is 3.60. The Bertz CT molecular complexity index is 1110. The first kappa shape index (κ1) is 14.6. The Morgan fingerprint density at radius 2 is 1.83 bits per heavy atom. The van der Waals surface area contributed by atoms with Gasteiger partial charge in [0.15, 0.2) is 5.58 Å². The van der Waals surface area contributed by atoms with Crippen LogP contribution >= 0.6 is 11.3 Å². The molecule has 0 atom stereocenters. The third-order valence-electron chi connectivity index (χ3n) is 3.67. The maximum atomic E-state index is 11.7. The normalized spacial score (nSPS) is 12.0. The summed E-state index contributed by atoms with van der Waals surface area (Å²) in [6, 6.07) is 18.8. The largest absolute Gasteiger partial charge is 0.454 e. The molecular weight excluding hydrogens is 322 g/mol. The number of rotatable bonds is 1. The summed E-state index contributed by atoms with van der Waals surface area (Å²) < 4.78 is 8.04. The van der Waals surface area contributed by atoms with Crippen LogP contribution < -0.4 is 16.6 Å². The highest BCUT2D eigenvalue weighted by molar-refractivity contribution is 7.25. The van der Waals surface area contributed by atoms with Crippen molar-refractivity contribution >= 4 is 37.7 Å². The topological polar surface area (TPSA) is 80.6 Å². The standard InChI is InChI=1S/C18H13N3O2S/c19-21-18(22)20-13-10-14(11-6-2-1-3-7-11)23-16-12-8-4-5-9-15(12)24-17(13)16/h1-10H,19H2,(H,21,22)/b20-13-. The highest BCUT2D eigenvalue weighted by Crippen LogP contribution is 2.34. The van der Waals surface area contributed by atoms with Crippen molar-refractivity contribution in [1.29, 1.82) is 0 Å². The number of nitrogens with one attached hydrogen (secondary N) is 1. The number of carbonyl (C=O) groups excluding carboxylic acids is 1. The van der Waals surface area contributed by atoms with Crippen LogP contribution in [0.2, 0.25) is 0 Å². The molecule has 3 N–H and O–H groups in total. The number of fused-ring (bicyclic) bond motifs is 3. The molecule has 0 aliphatic heterocycles. The van der Waals surface area contributed by atoms with E-state index in [2.05, 4.69) is 4.99 Å². The molecule has 5 nitrogen and oxygen atoms in total. The van der Waals surface area contributed by atoms with Gasteiger partial charge in [-0.05, 0) is 12.1 Å². The number of carbonyl (C=O) groups is 1. The van der Waals surface area contributed by atoms with Crippen LogP contribution in [0.25, 0.3) is 31.7 Å². The summed E-state index contributed by atoms with van der Waals surface area (Å²) in [5, 5.41) is 1.54. The lowest BCUT2D eigenvalue weighted by molar-refractivity contribution is 0.249. The summed E-state index contributed by atoms with van der Waals surface area (Å²) in [6.07, 6.45) is 0. The molecule has 0 spiro atoms. The predicted molar refractivity (Wildman–Crippen MR) is 95.3 cm³/mol. The lowest BCUT2D eigenvalue weighted by Crippen LogP contribution is -2.28. The lowest BCUT2D eigenvalue weighted by atomic mass is 10.1. The van der Waals surface area contributed by atoms with E-state index in [1.54, 1.807) is 6.07 Å². The van der Waals surface area contributed by atoms with E-state index in [4.69, 9.17) is 10.3 Å². The number of nitrogens with zero attached hydrogens (tertiary/aromatic N) is 1. The molecule has 0 bridgehead atoms. The van der Waals surface area contributed by atoms with Crippen LogP contribution in [0.3, 0.4) is 0 Å². The van der Waals surface area contributed by atoms with Crippen molar-refractivity contribution in [2.75, 3.05) is 0 Å². The van der Waals surface area contributed by atoms with Gasteiger partial charge in [0.25, 0.3) is 0 Å². The van der Waals surface area contributed by atoms with Gasteiger partial charge in [-0.2, -0.15) is 4.99 Å². The van der Waals surface area contributed by atoms with Gasteiger partial charge in [0.2, 0.25) is 0 Å². The zero-order chi connectivity index (χ0) is 16.5. The zero-order valence-electron chi connectivity index (χ0n) is 12.5. The molecule has 0 aliphatic carbocycles. The van der Waals surface area contributed by atoms with Gasteiger partial charge in [-0.15, -0.1) is 11.3 Å². The lowest BCUT2D eigenvalue weighted by Gasteiger charge is -2.02. The first-order valence-corrected chi connectivity index (χ1v) is 8.14. The number of hydrogen-bond donors (Lipinski definition) is 2. The van der Waals surface area contributed by atoms with Crippen LogP contribution in [0.15, 0.2) is 70.1 Å². The molecule has 2 amide bonds. The molecule has 4 rings (SSSR count). The summed E-state index contributed by atoms with van der Waals surface area (Å²) in [6.45, 7) is 0. The number of hydrogen-bond acceptors (Lipinski definition) is 4. The monoisotopic (exact) mass is 335 g/mol. The minimum atomic E-state index is -0.598. The maximum absolute atomic E-state index is 11.7. The Morgan fingerprint density at radius 1 is 1.08 bits per heavy atom. The van der Waals surface area contributed by atoms with Gasteiger partial charge < -0.3 is 4.42 Å². The number of hydrazine groups is 1. The molecule has 2 heterocycles. The Morgan fingerprint density at radius 3 is 2.62 bits per heavy atom. The van der Waals surface area contributed by atoms with Gasteiger partial charge in [-0.1, -0.05) is 42.5 Å². The minimum absolute atomic E-state index is 0.541. The van der Waals surface area contributed by atoms with Gasteiger partial charge in [0.1, 0.15) is 5.76 Å². The average molecular weight is 335 g/mol. The smallest absolute Gasteiger partial charge is 0.355 e. The summed E-state index contributed by atoms with van der Waals surface area (Å²) in [4.78, 5) is 15.7. The van der Waals surface area contributed by atoms with Crippen LogP contribution in [-0.4, -0.2) is 6.03 Å². The summed E-state index contributed by atoms with van der Waals surface area (Å²) in [7, 11) is 0. The second-order valence-electron chi connectivity index (χ2n) is 5.18. The molecule has 6 heteroatoms. The zero-order valence-corrected chi connectivity index (χ0v) is 13.3. The highest BCUT2D eigenvalue weighted by atomic mass is 32.1. The second kappa shape index (κ2) is 5.92. The molecule has 0 fully saturated rings. The highest BCUT2D eigenvalue weighted by Gasteiger charge is 2.12. The predicted octanol–water partition coefficient (Wildman–Crippen LogP) is 3.80. The number of nitrogens with two attached hydrogens (primary N) is 1. The molecule has 2 aromatic carbocycles. The second-order valence-corrected chi connectivity index (χ2v) is 6.23. The van der Waals surface area contributed by atoms with Gasteiger partial charge in [0, 0.05) is 21.7 Å². The average Bonchev–Trinajstić information content (AvgIpc) is 3.01. The van der Waals surface area contributed by atoms with E-state index in [0.29, 0.717) is 11.1 Å². The molecule has 0 saturated carbocycles. The number of amides is 2. The van der Waals surface area contributed by atoms with E-state index in [1.165, 1.54) is 11.3 Å². The van der Waals surface area contributed by atoms with Gasteiger partial charge in [-0.25, -0.2) is 10.6 Å². The van der Waals surface area contributed by atoms with Crippen molar-refractivity contribution < 1.29 is 9.21 Å². The number of urea groups is 1. The summed E-state index contributed by atoms with van der Waals surface area (Å²) in [5.41, 5.74) is 3.68. The van der Waals surface area contributed by atoms with E-state index in [9.17, 15) is 4.79 Å². The summed E-state index contributed by atoms with van der Waals surface area (Å²) >= 11 is 1.54. The van der Waals surface area contributed by atoms with E-state index in [0.717, 1.165) is 25.9 Å². The molecule has 118 valence electrons. The van der Waals surface area contributed by atoms with Crippen LogP contribution in [0.5, 0.6) is 0 Å². The maximum Gasteiger partial charge on any atom is 0.355 e. The summed E-state index contributed by atoms with van der Waals surface area (Å²) in [5.74, 6) is 5.82. The first-order chi connectivity index (χ1) is 11.8. The van der Waals surface area contributed by atoms with Crippen molar-refractivity contribution in [2.45, 2.75) is 0 Å². The van der Waals surface area contributed by atoms with Crippen LogP contribution in [0.4, 0.5) is 4.79 Å². The van der Waals surface area contributed by atoms with Crippen molar-refractivity contribution in [2.24, 2.45) is 10.8 Å². The van der Waals surface area contributed by atoms with E-state index in [1.807, 2.05) is 60.0 Å². The molecule has 2 aromatic heterocycles. The van der Waals surface area contributed by atoms with E-state index >= 15 is 0 Å². The van der Waals surface area contributed by atoms with E-state index in [-0.39, 0.29) is 0 Å². The molecule has 0 saturated heterocycles.